The second kappa shape index (κ2) is 14.3. The van der Waals surface area contributed by atoms with E-state index >= 15 is 0 Å². The van der Waals surface area contributed by atoms with Gasteiger partial charge in [-0.25, -0.2) is 0 Å². The normalized spacial score (nSPS) is 21.9. The Morgan fingerprint density at radius 2 is 0.881 bits per heavy atom. The maximum absolute atomic E-state index is 6.67. The first-order valence-electron chi connectivity index (χ1n) is 16.8. The minimum Gasteiger partial charge on any atom is -0.494 e. The van der Waals surface area contributed by atoms with Gasteiger partial charge in [-0.2, -0.15) is 0 Å². The highest BCUT2D eigenvalue weighted by Crippen LogP contribution is 2.39. The summed E-state index contributed by atoms with van der Waals surface area (Å²) < 4.78 is 39.6. The summed E-state index contributed by atoms with van der Waals surface area (Å²) in [5.74, 6) is 2.46. The average Bonchev–Trinajstić information content (AvgIpc) is 3.27. The Hall–Kier alpha value is -1.21. The van der Waals surface area contributed by atoms with Gasteiger partial charge in [-0.3, -0.25) is 0 Å². The zero-order chi connectivity index (χ0) is 31.3. The number of benzene rings is 1. The minimum absolute atomic E-state index is 0.471. The first-order chi connectivity index (χ1) is 19.6. The molecule has 2 unspecified atom stereocenters. The molecule has 0 radical (unpaired) electrons. The van der Waals surface area contributed by atoms with E-state index in [1.54, 1.807) is 0 Å². The van der Waals surface area contributed by atoms with E-state index in [-0.39, 0.29) is 0 Å². The second-order valence-corrected chi connectivity index (χ2v) is 14.6. The summed E-state index contributed by atoms with van der Waals surface area (Å²) in [5.41, 5.74) is -0.171. The maximum atomic E-state index is 6.67. The van der Waals surface area contributed by atoms with Gasteiger partial charge >= 0.3 is 14.2 Å². The van der Waals surface area contributed by atoms with Crippen LogP contribution in [0.25, 0.3) is 0 Å². The summed E-state index contributed by atoms with van der Waals surface area (Å²) in [7, 11) is -1.14. The summed E-state index contributed by atoms with van der Waals surface area (Å²) in [6, 6.07) is 4.13. The Labute approximate surface area is 258 Å². The summed E-state index contributed by atoms with van der Waals surface area (Å²) in [4.78, 5) is 0. The Balaban J connectivity index is 2.07. The van der Waals surface area contributed by atoms with E-state index in [1.807, 2.05) is 0 Å². The Kier molecular flexibility index (Phi) is 12.0. The first-order valence-corrected chi connectivity index (χ1v) is 16.8. The molecular weight excluding hydrogens is 526 g/mol. The molecule has 2 saturated heterocycles. The van der Waals surface area contributed by atoms with Crippen molar-refractivity contribution >= 4 is 25.2 Å². The van der Waals surface area contributed by atoms with Crippen molar-refractivity contribution in [2.75, 3.05) is 13.2 Å². The molecule has 0 saturated carbocycles. The van der Waals surface area contributed by atoms with Crippen LogP contribution < -0.4 is 20.4 Å². The van der Waals surface area contributed by atoms with Gasteiger partial charge < -0.3 is 28.1 Å². The van der Waals surface area contributed by atoms with Gasteiger partial charge in [0.05, 0.1) is 35.6 Å². The van der Waals surface area contributed by atoms with Crippen LogP contribution >= 0.6 is 0 Å². The Morgan fingerprint density at radius 1 is 0.571 bits per heavy atom. The van der Waals surface area contributed by atoms with Crippen LogP contribution in [0.15, 0.2) is 12.1 Å². The van der Waals surface area contributed by atoms with Gasteiger partial charge in [-0.15, -0.1) is 0 Å². The van der Waals surface area contributed by atoms with Gasteiger partial charge in [0.1, 0.15) is 11.5 Å². The first kappa shape index (κ1) is 35.3. The van der Waals surface area contributed by atoms with Crippen molar-refractivity contribution in [1.82, 2.24) is 0 Å². The third kappa shape index (κ3) is 8.08. The molecule has 8 heteroatoms. The zero-order valence-electron chi connectivity index (χ0n) is 29.0. The van der Waals surface area contributed by atoms with Crippen molar-refractivity contribution in [3.63, 3.8) is 0 Å². The quantitative estimate of drug-likeness (QED) is 0.187. The predicted octanol–water partition coefficient (Wildman–Crippen LogP) is 7.48. The van der Waals surface area contributed by atoms with Crippen LogP contribution in [0.1, 0.15) is 134 Å². The highest BCUT2D eigenvalue weighted by atomic mass is 16.7. The summed E-state index contributed by atoms with van der Waals surface area (Å²) in [6.45, 7) is 26.9. The third-order valence-corrected chi connectivity index (χ3v) is 10.2. The number of rotatable bonds is 16. The van der Waals surface area contributed by atoms with Gasteiger partial charge in [0.25, 0.3) is 0 Å². The highest BCUT2D eigenvalue weighted by Gasteiger charge is 2.55. The summed E-state index contributed by atoms with van der Waals surface area (Å²) in [5, 5.41) is 0. The molecule has 1 aromatic carbocycles. The van der Waals surface area contributed by atoms with Crippen LogP contribution in [0.5, 0.6) is 11.5 Å². The molecule has 2 aliphatic heterocycles. The second-order valence-electron chi connectivity index (χ2n) is 14.6. The molecule has 42 heavy (non-hydrogen) atoms. The number of hydrogen-bond donors (Lipinski definition) is 0. The van der Waals surface area contributed by atoms with Crippen molar-refractivity contribution in [2.45, 2.75) is 157 Å². The van der Waals surface area contributed by atoms with Crippen molar-refractivity contribution < 1.29 is 28.1 Å². The van der Waals surface area contributed by atoms with Crippen LogP contribution in [0, 0.1) is 11.8 Å². The molecule has 6 nitrogen and oxygen atoms in total. The minimum atomic E-state index is -0.572. The Morgan fingerprint density at radius 3 is 1.14 bits per heavy atom. The summed E-state index contributed by atoms with van der Waals surface area (Å²) in [6.07, 6.45) is 9.24. The highest BCUT2D eigenvalue weighted by molar-refractivity contribution is 6.66. The van der Waals surface area contributed by atoms with E-state index in [4.69, 9.17) is 28.1 Å². The average molecular weight is 586 g/mol. The Bertz CT molecular complexity index is 896. The third-order valence-electron chi connectivity index (χ3n) is 10.2. The monoisotopic (exact) mass is 586 g/mol. The largest absolute Gasteiger partial charge is 0.498 e. The van der Waals surface area contributed by atoms with Gasteiger partial charge in [0, 0.05) is 10.9 Å². The molecule has 0 spiro atoms. The topological polar surface area (TPSA) is 55.4 Å². The fourth-order valence-electron chi connectivity index (χ4n) is 5.36. The van der Waals surface area contributed by atoms with Gasteiger partial charge in [0.2, 0.25) is 0 Å². The molecule has 1 aromatic rings. The van der Waals surface area contributed by atoms with E-state index in [2.05, 4.69) is 95.2 Å². The summed E-state index contributed by atoms with van der Waals surface area (Å²) >= 11 is 0. The van der Waals surface area contributed by atoms with Crippen LogP contribution in [0.3, 0.4) is 0 Å². The predicted molar refractivity (Wildman–Crippen MR) is 175 cm³/mol. The van der Waals surface area contributed by atoms with Crippen LogP contribution in [0.2, 0.25) is 0 Å². The lowest BCUT2D eigenvalue weighted by atomic mass is 9.72. The fraction of sp³-hybridized carbons (Fsp3) is 0.824. The molecule has 238 valence electrons. The van der Waals surface area contributed by atoms with Crippen molar-refractivity contribution in [2.24, 2.45) is 11.8 Å². The number of hydrogen-bond acceptors (Lipinski definition) is 6. The van der Waals surface area contributed by atoms with E-state index in [1.165, 1.54) is 25.7 Å². The van der Waals surface area contributed by atoms with Crippen molar-refractivity contribution in [3.8, 4) is 11.5 Å². The van der Waals surface area contributed by atoms with Crippen molar-refractivity contribution in [1.29, 1.82) is 0 Å². The lowest BCUT2D eigenvalue weighted by Crippen LogP contribution is -2.41. The zero-order valence-corrected chi connectivity index (χ0v) is 29.0. The standard InChI is InChI=1S/C34H60B2O6/c1-13-17-19-25(15-3)23-37-29-21-28(36-41-33(9,10)34(11,12)42-36)30(38-24-26(16-4)20-18-14-2)22-27(29)35-39-31(5,6)32(7,8)40-35/h21-22,25-26H,13-20,23-24H2,1-12H3. The number of ether oxygens (including phenoxy) is 2. The molecule has 2 aliphatic rings. The van der Waals surface area contributed by atoms with Crippen LogP contribution in [-0.4, -0.2) is 49.9 Å². The van der Waals surface area contributed by atoms with Gasteiger partial charge in [0.15, 0.2) is 0 Å². The lowest BCUT2D eigenvalue weighted by molar-refractivity contribution is 0.00578. The molecule has 3 rings (SSSR count). The lowest BCUT2D eigenvalue weighted by Gasteiger charge is -2.32. The fourth-order valence-corrected chi connectivity index (χ4v) is 5.36. The molecular formula is C34H60B2O6. The van der Waals surface area contributed by atoms with Gasteiger partial charge in [-0.05, 0) is 92.2 Å². The van der Waals surface area contributed by atoms with Gasteiger partial charge in [-0.1, -0.05) is 66.2 Å². The molecule has 0 bridgehead atoms. The molecule has 0 aromatic heterocycles. The van der Waals surface area contributed by atoms with E-state index < -0.39 is 36.6 Å². The SMILES string of the molecule is CCCCC(CC)COc1cc(B2OC(C)(C)C(C)(C)O2)c(OCC(CC)CCCC)cc1B1OC(C)(C)C(C)(C)O1. The van der Waals surface area contributed by atoms with Crippen LogP contribution in [0.4, 0.5) is 0 Å². The van der Waals surface area contributed by atoms with Crippen LogP contribution in [-0.2, 0) is 18.6 Å². The van der Waals surface area contributed by atoms with Crippen molar-refractivity contribution in [3.05, 3.63) is 12.1 Å². The molecule has 2 atom stereocenters. The van der Waals surface area contributed by atoms with E-state index in [9.17, 15) is 0 Å². The molecule has 2 fully saturated rings. The van der Waals surface area contributed by atoms with E-state index in [0.29, 0.717) is 25.0 Å². The molecule has 0 N–H and O–H groups in total. The maximum Gasteiger partial charge on any atom is 0.498 e. The smallest absolute Gasteiger partial charge is 0.494 e. The molecule has 0 aliphatic carbocycles. The number of unbranched alkanes of at least 4 members (excludes halogenated alkanes) is 2. The molecule has 2 heterocycles. The molecule has 0 amide bonds. The van der Waals surface area contributed by atoms with E-state index in [0.717, 1.165) is 48.1 Å².